The van der Waals surface area contributed by atoms with Crippen molar-refractivity contribution in [2.45, 2.75) is 35.6 Å². The molecule has 0 aliphatic heterocycles. The lowest BCUT2D eigenvalue weighted by Crippen LogP contribution is -2.24. The Morgan fingerprint density at radius 3 is 2.58 bits per heavy atom. The highest BCUT2D eigenvalue weighted by molar-refractivity contribution is 8.00. The Balaban J connectivity index is 1.63. The second-order valence-electron chi connectivity index (χ2n) is 6.61. The summed E-state index contributed by atoms with van der Waals surface area (Å²) in [6.07, 6.45) is 0.602. The molecule has 0 saturated carbocycles. The topological polar surface area (TPSA) is 127 Å². The van der Waals surface area contributed by atoms with E-state index in [-0.39, 0.29) is 22.8 Å². The monoisotopic (exact) mass is 503 g/mol. The molecule has 1 unspecified atom stereocenters. The zero-order chi connectivity index (χ0) is 23.8. The van der Waals surface area contributed by atoms with Gasteiger partial charge in [0.05, 0.1) is 10.2 Å². The fourth-order valence-corrected chi connectivity index (χ4v) is 4.99. The Hall–Kier alpha value is -2.96. The number of amides is 2. The molecule has 0 radical (unpaired) electrons. The van der Waals surface area contributed by atoms with Gasteiger partial charge < -0.3 is 5.32 Å². The molecule has 0 aliphatic carbocycles. The number of hydrogen-bond donors (Lipinski definition) is 2. The number of carbonyl (C=O) groups excluding carboxylic acids is 2. The molecule has 1 atom stereocenters. The summed E-state index contributed by atoms with van der Waals surface area (Å²) in [5.41, 5.74) is 0.786. The van der Waals surface area contributed by atoms with E-state index in [2.05, 4.69) is 20.0 Å². The number of anilines is 2. The molecule has 172 valence electrons. The minimum atomic E-state index is -0.517. The van der Waals surface area contributed by atoms with Gasteiger partial charge in [-0.15, -0.1) is 11.8 Å². The van der Waals surface area contributed by atoms with Gasteiger partial charge >= 0.3 is 0 Å². The number of benzene rings is 2. The van der Waals surface area contributed by atoms with Crippen LogP contribution in [0.15, 0.2) is 58.6 Å². The fraction of sp³-hybridized carbons (Fsp3) is 0.238. The molecule has 9 nitrogen and oxygen atoms in total. The van der Waals surface area contributed by atoms with Gasteiger partial charge in [0.1, 0.15) is 0 Å². The van der Waals surface area contributed by atoms with Crippen LogP contribution in [0.4, 0.5) is 16.5 Å². The third kappa shape index (κ3) is 7.01. The smallest absolute Gasteiger partial charge is 0.269 e. The molecule has 2 amide bonds. The van der Waals surface area contributed by atoms with Crippen molar-refractivity contribution in [3.8, 4) is 0 Å². The first kappa shape index (κ1) is 24.7. The predicted molar refractivity (Wildman–Crippen MR) is 132 cm³/mol. The number of nitrogens with one attached hydrogen (secondary N) is 2. The Labute approximate surface area is 203 Å². The van der Waals surface area contributed by atoms with E-state index in [1.807, 2.05) is 19.9 Å². The van der Waals surface area contributed by atoms with E-state index in [0.29, 0.717) is 28.0 Å². The zero-order valence-electron chi connectivity index (χ0n) is 17.8. The molecule has 3 rings (SSSR count). The Morgan fingerprint density at radius 2 is 1.91 bits per heavy atom. The lowest BCUT2D eigenvalue weighted by molar-refractivity contribution is -0.384. The molecule has 33 heavy (non-hydrogen) atoms. The first-order chi connectivity index (χ1) is 15.9. The maximum atomic E-state index is 12.7. The van der Waals surface area contributed by atoms with E-state index >= 15 is 0 Å². The summed E-state index contributed by atoms with van der Waals surface area (Å²) >= 11 is 4.06. The Kier molecular flexibility index (Phi) is 8.80. The first-order valence-electron chi connectivity index (χ1n) is 9.99. The van der Waals surface area contributed by atoms with Crippen molar-refractivity contribution in [1.82, 2.24) is 9.36 Å². The summed E-state index contributed by atoms with van der Waals surface area (Å²) in [5.74, 6) is 0.315. The van der Waals surface area contributed by atoms with Crippen LogP contribution in [0.25, 0.3) is 0 Å². The second kappa shape index (κ2) is 11.8. The van der Waals surface area contributed by atoms with Crippen LogP contribution >= 0.6 is 35.1 Å². The molecule has 0 spiro atoms. The average molecular weight is 504 g/mol. The van der Waals surface area contributed by atoms with Crippen molar-refractivity contribution in [1.29, 1.82) is 0 Å². The summed E-state index contributed by atoms with van der Waals surface area (Å²) in [7, 11) is 0. The predicted octanol–water partition coefficient (Wildman–Crippen LogP) is 5.32. The maximum absolute atomic E-state index is 12.7. The highest BCUT2D eigenvalue weighted by atomic mass is 32.2. The van der Waals surface area contributed by atoms with Crippen molar-refractivity contribution >= 4 is 63.4 Å². The molecule has 1 aromatic heterocycles. The van der Waals surface area contributed by atoms with Crippen molar-refractivity contribution in [2.24, 2.45) is 0 Å². The summed E-state index contributed by atoms with van der Waals surface area (Å²) in [6, 6.07) is 12.6. The largest absolute Gasteiger partial charge is 0.322 e. The molecule has 2 aromatic carbocycles. The number of carbonyl (C=O) groups is 2. The molecule has 0 bridgehead atoms. The molecule has 2 N–H and O–H groups in total. The van der Waals surface area contributed by atoms with Crippen LogP contribution in [-0.4, -0.2) is 37.1 Å². The Morgan fingerprint density at radius 1 is 1.15 bits per heavy atom. The number of nitro groups is 1. The van der Waals surface area contributed by atoms with E-state index in [1.54, 1.807) is 18.2 Å². The lowest BCUT2D eigenvalue weighted by Gasteiger charge is -2.14. The fourth-order valence-electron chi connectivity index (χ4n) is 2.71. The maximum Gasteiger partial charge on any atom is 0.269 e. The molecular weight excluding hydrogens is 482 g/mol. The van der Waals surface area contributed by atoms with Crippen LogP contribution < -0.4 is 10.6 Å². The molecule has 0 saturated heterocycles. The number of nitro benzene ring substituents is 1. The minimum Gasteiger partial charge on any atom is -0.322 e. The van der Waals surface area contributed by atoms with Crippen molar-refractivity contribution < 1.29 is 14.5 Å². The van der Waals surface area contributed by atoms with Gasteiger partial charge in [0, 0.05) is 39.8 Å². The van der Waals surface area contributed by atoms with E-state index in [1.165, 1.54) is 47.8 Å². The minimum absolute atomic E-state index is 0.0808. The van der Waals surface area contributed by atoms with E-state index in [0.717, 1.165) is 22.2 Å². The first-order valence-corrected chi connectivity index (χ1v) is 12.6. The molecule has 3 aromatic rings. The van der Waals surface area contributed by atoms with Crippen molar-refractivity contribution in [3.63, 3.8) is 0 Å². The van der Waals surface area contributed by atoms with Gasteiger partial charge in [-0.05, 0) is 42.5 Å². The van der Waals surface area contributed by atoms with Gasteiger partial charge in [0.25, 0.3) is 11.6 Å². The van der Waals surface area contributed by atoms with Gasteiger partial charge in [-0.3, -0.25) is 25.0 Å². The average Bonchev–Trinajstić information content (AvgIpc) is 3.24. The normalized spacial score (nSPS) is 11.6. The summed E-state index contributed by atoms with van der Waals surface area (Å²) in [4.78, 5) is 40.6. The molecule has 12 heteroatoms. The van der Waals surface area contributed by atoms with E-state index < -0.39 is 4.92 Å². The lowest BCUT2D eigenvalue weighted by atomic mass is 10.2. The van der Waals surface area contributed by atoms with E-state index in [9.17, 15) is 19.7 Å². The standard InChI is InChI=1S/C21H21N5O4S3/c1-3-17(19(28)23-20-24-21(25-33-20)31-4-2)32-16-7-5-6-14(12-16)22-18(27)13-8-10-15(11-9-13)26(29)30/h5-12,17H,3-4H2,1-2H3,(H,22,27)(H,23,24,25,28). The van der Waals surface area contributed by atoms with Gasteiger partial charge in [-0.2, -0.15) is 9.36 Å². The molecular formula is C21H21N5O4S3. The van der Waals surface area contributed by atoms with Crippen molar-refractivity contribution in [3.05, 3.63) is 64.2 Å². The number of nitrogens with zero attached hydrogens (tertiary/aromatic N) is 3. The quantitative estimate of drug-likeness (QED) is 0.216. The third-order valence-corrected chi connectivity index (χ3v) is 7.12. The molecule has 1 heterocycles. The Bertz CT molecular complexity index is 1140. The van der Waals surface area contributed by atoms with Gasteiger partial charge in [-0.25, -0.2) is 0 Å². The van der Waals surface area contributed by atoms with Crippen LogP contribution in [0.1, 0.15) is 30.6 Å². The van der Waals surface area contributed by atoms with Crippen LogP contribution in [0, 0.1) is 10.1 Å². The molecule has 0 aliphatic rings. The number of thioether (sulfide) groups is 2. The zero-order valence-corrected chi connectivity index (χ0v) is 20.3. The SMILES string of the molecule is CCSc1nsc(NC(=O)C(CC)Sc2cccc(NC(=O)c3ccc([N+](=O)[O-])cc3)c2)n1. The summed E-state index contributed by atoms with van der Waals surface area (Å²) in [6.45, 7) is 3.94. The number of hydrogen-bond acceptors (Lipinski definition) is 9. The number of aromatic nitrogens is 2. The highest BCUT2D eigenvalue weighted by Crippen LogP contribution is 2.29. The number of non-ortho nitro benzene ring substituents is 1. The third-order valence-electron chi connectivity index (χ3n) is 4.28. The van der Waals surface area contributed by atoms with Crippen LogP contribution in [-0.2, 0) is 4.79 Å². The van der Waals surface area contributed by atoms with Crippen molar-refractivity contribution in [2.75, 3.05) is 16.4 Å². The van der Waals surface area contributed by atoms with Gasteiger partial charge in [0.2, 0.25) is 16.2 Å². The van der Waals surface area contributed by atoms with E-state index in [4.69, 9.17) is 0 Å². The van der Waals surface area contributed by atoms with Gasteiger partial charge in [0.15, 0.2) is 0 Å². The number of rotatable bonds is 10. The van der Waals surface area contributed by atoms with Gasteiger partial charge in [-0.1, -0.05) is 31.7 Å². The summed E-state index contributed by atoms with van der Waals surface area (Å²) in [5, 5.41) is 17.1. The molecule has 0 fully saturated rings. The second-order valence-corrected chi connectivity index (χ2v) is 9.86. The van der Waals surface area contributed by atoms with Crippen LogP contribution in [0.5, 0.6) is 0 Å². The van der Waals surface area contributed by atoms with Crippen LogP contribution in [0.2, 0.25) is 0 Å². The summed E-state index contributed by atoms with van der Waals surface area (Å²) < 4.78 is 4.20. The van der Waals surface area contributed by atoms with Crippen LogP contribution in [0.3, 0.4) is 0 Å². The highest BCUT2D eigenvalue weighted by Gasteiger charge is 2.20.